The molecule has 0 fully saturated rings. The highest BCUT2D eigenvalue weighted by Crippen LogP contribution is 2.21. The number of nitrogens with one attached hydrogen (secondary N) is 1. The molecule has 124 valence electrons. The van der Waals surface area contributed by atoms with E-state index in [1.807, 2.05) is 36.7 Å². The largest absolute Gasteiger partial charge is 0.494 e. The summed E-state index contributed by atoms with van der Waals surface area (Å²) < 4.78 is 7.07. The van der Waals surface area contributed by atoms with Crippen molar-refractivity contribution in [3.8, 4) is 5.75 Å². The van der Waals surface area contributed by atoms with Crippen molar-refractivity contribution in [1.29, 1.82) is 0 Å². The van der Waals surface area contributed by atoms with E-state index in [0.717, 1.165) is 11.4 Å². The minimum Gasteiger partial charge on any atom is -0.494 e. The highest BCUT2D eigenvalue weighted by molar-refractivity contribution is 5.97. The molecule has 3 heterocycles. The number of aromatic nitrogens is 4. The van der Waals surface area contributed by atoms with Crippen LogP contribution in [0.1, 0.15) is 41.1 Å². The summed E-state index contributed by atoms with van der Waals surface area (Å²) in [6.45, 7) is 3.83. The topological polar surface area (TPSA) is 81.4 Å². The molecule has 24 heavy (non-hydrogen) atoms. The van der Waals surface area contributed by atoms with Crippen LogP contribution in [0.25, 0.3) is 5.78 Å². The number of carbonyl (C=O) groups is 1. The third kappa shape index (κ3) is 3.05. The normalized spacial score (nSPS) is 12.1. The number of pyridine rings is 1. The van der Waals surface area contributed by atoms with Crippen LogP contribution in [0.2, 0.25) is 0 Å². The van der Waals surface area contributed by atoms with Crippen LogP contribution in [-0.4, -0.2) is 32.4 Å². The van der Waals surface area contributed by atoms with Gasteiger partial charge in [0.15, 0.2) is 0 Å². The first-order valence-electron chi connectivity index (χ1n) is 7.73. The summed E-state index contributed by atoms with van der Waals surface area (Å²) in [5.41, 5.74) is 1.99. The van der Waals surface area contributed by atoms with Crippen LogP contribution in [0.15, 0.2) is 36.9 Å². The first kappa shape index (κ1) is 15.9. The Bertz CT molecular complexity index is 841. The summed E-state index contributed by atoms with van der Waals surface area (Å²) in [4.78, 5) is 25.5. The summed E-state index contributed by atoms with van der Waals surface area (Å²) >= 11 is 0. The first-order chi connectivity index (χ1) is 11.6. The quantitative estimate of drug-likeness (QED) is 0.778. The Morgan fingerprint density at radius 3 is 2.96 bits per heavy atom. The number of ether oxygens (including phenoxy) is 1. The van der Waals surface area contributed by atoms with Crippen LogP contribution in [0, 0.1) is 6.92 Å². The molecule has 0 aliphatic heterocycles. The van der Waals surface area contributed by atoms with E-state index in [2.05, 4.69) is 20.3 Å². The van der Waals surface area contributed by atoms with Crippen molar-refractivity contribution in [3.63, 3.8) is 0 Å². The maximum atomic E-state index is 12.7. The number of hydrogen-bond donors (Lipinski definition) is 1. The van der Waals surface area contributed by atoms with Crippen LogP contribution < -0.4 is 10.1 Å². The van der Waals surface area contributed by atoms with Crippen LogP contribution in [0.3, 0.4) is 0 Å². The van der Waals surface area contributed by atoms with Gasteiger partial charge in [-0.3, -0.25) is 14.2 Å². The van der Waals surface area contributed by atoms with Gasteiger partial charge in [0.1, 0.15) is 5.75 Å². The Labute approximate surface area is 139 Å². The number of amides is 1. The van der Waals surface area contributed by atoms with Crippen molar-refractivity contribution >= 4 is 11.7 Å². The van der Waals surface area contributed by atoms with Gasteiger partial charge in [-0.25, -0.2) is 9.97 Å². The van der Waals surface area contributed by atoms with Crippen LogP contribution >= 0.6 is 0 Å². The molecule has 0 spiro atoms. The minimum absolute atomic E-state index is 0.211. The number of hydrogen-bond acceptors (Lipinski definition) is 5. The van der Waals surface area contributed by atoms with E-state index in [-0.39, 0.29) is 11.9 Å². The van der Waals surface area contributed by atoms with E-state index < -0.39 is 0 Å². The lowest BCUT2D eigenvalue weighted by molar-refractivity contribution is 0.0931. The van der Waals surface area contributed by atoms with Gasteiger partial charge < -0.3 is 10.1 Å². The molecule has 1 atom stereocenters. The molecule has 0 saturated carbocycles. The van der Waals surface area contributed by atoms with Gasteiger partial charge in [-0.05, 0) is 25.5 Å². The zero-order valence-corrected chi connectivity index (χ0v) is 13.9. The molecule has 3 aromatic heterocycles. The van der Waals surface area contributed by atoms with Crippen LogP contribution in [0.4, 0.5) is 0 Å². The lowest BCUT2D eigenvalue weighted by atomic mass is 10.1. The second-order valence-corrected chi connectivity index (χ2v) is 5.45. The van der Waals surface area contributed by atoms with Gasteiger partial charge in [0.25, 0.3) is 5.91 Å². The lowest BCUT2D eigenvalue weighted by Crippen LogP contribution is -2.29. The highest BCUT2D eigenvalue weighted by atomic mass is 16.5. The van der Waals surface area contributed by atoms with Gasteiger partial charge in [0.2, 0.25) is 5.78 Å². The first-order valence-corrected chi connectivity index (χ1v) is 7.73. The van der Waals surface area contributed by atoms with E-state index in [4.69, 9.17) is 4.74 Å². The number of nitrogens with zero attached hydrogens (tertiary/aromatic N) is 4. The Hall–Kier alpha value is -2.96. The molecule has 0 aliphatic carbocycles. The van der Waals surface area contributed by atoms with Crippen molar-refractivity contribution in [2.45, 2.75) is 26.3 Å². The number of carbonyl (C=O) groups excluding carboxylic acids is 1. The standard InChI is InChI=1S/C17H19N5O2/c1-4-13(14-10-22-7-5-6-18-17(22)21-14)20-16(23)12-8-11(2)19-9-15(12)24-3/h5-10,13H,4H2,1-3H3,(H,20,23). The van der Waals surface area contributed by atoms with E-state index >= 15 is 0 Å². The number of rotatable bonds is 5. The van der Waals surface area contributed by atoms with Crippen molar-refractivity contribution in [1.82, 2.24) is 24.7 Å². The number of fused-ring (bicyclic) bond motifs is 1. The van der Waals surface area contributed by atoms with Crippen molar-refractivity contribution in [2.24, 2.45) is 0 Å². The molecule has 3 rings (SSSR count). The van der Waals surface area contributed by atoms with E-state index in [1.165, 1.54) is 7.11 Å². The van der Waals surface area contributed by atoms with Crippen molar-refractivity contribution < 1.29 is 9.53 Å². The molecular formula is C17H19N5O2. The fourth-order valence-corrected chi connectivity index (χ4v) is 2.52. The summed E-state index contributed by atoms with van der Waals surface area (Å²) in [6, 6.07) is 3.34. The molecular weight excluding hydrogens is 306 g/mol. The fourth-order valence-electron chi connectivity index (χ4n) is 2.52. The number of methoxy groups -OCH3 is 1. The fraction of sp³-hybridized carbons (Fsp3) is 0.294. The predicted octanol–water partition coefficient (Wildman–Crippen LogP) is 2.32. The Balaban J connectivity index is 1.87. The van der Waals surface area contributed by atoms with Gasteiger partial charge in [0, 0.05) is 24.3 Å². The Kier molecular flexibility index (Phi) is 4.41. The smallest absolute Gasteiger partial charge is 0.255 e. The lowest BCUT2D eigenvalue weighted by Gasteiger charge is -2.16. The monoisotopic (exact) mass is 325 g/mol. The molecule has 0 bridgehead atoms. The summed E-state index contributed by atoms with van der Waals surface area (Å²) in [5.74, 6) is 0.844. The third-order valence-corrected chi connectivity index (χ3v) is 3.79. The average Bonchev–Trinajstić information content (AvgIpc) is 3.03. The number of imidazole rings is 1. The van der Waals surface area contributed by atoms with Crippen LogP contribution in [0.5, 0.6) is 5.75 Å². The average molecular weight is 325 g/mol. The van der Waals surface area contributed by atoms with Gasteiger partial charge in [-0.1, -0.05) is 6.92 Å². The molecule has 0 saturated heterocycles. The predicted molar refractivity (Wildman–Crippen MR) is 89.0 cm³/mol. The molecule has 1 amide bonds. The maximum Gasteiger partial charge on any atom is 0.255 e. The highest BCUT2D eigenvalue weighted by Gasteiger charge is 2.20. The maximum absolute atomic E-state index is 12.7. The second kappa shape index (κ2) is 6.66. The van der Waals surface area contributed by atoms with E-state index in [0.29, 0.717) is 23.5 Å². The minimum atomic E-state index is -0.214. The molecule has 1 unspecified atom stereocenters. The molecule has 1 N–H and O–H groups in total. The summed E-state index contributed by atoms with van der Waals surface area (Å²) in [6.07, 6.45) is 7.72. The molecule has 3 aromatic rings. The molecule has 0 aliphatic rings. The van der Waals surface area contributed by atoms with Crippen molar-refractivity contribution in [3.05, 3.63) is 53.9 Å². The third-order valence-electron chi connectivity index (χ3n) is 3.79. The molecule has 0 aromatic carbocycles. The van der Waals surface area contributed by atoms with Gasteiger partial charge in [-0.15, -0.1) is 0 Å². The van der Waals surface area contributed by atoms with Crippen LogP contribution in [-0.2, 0) is 0 Å². The van der Waals surface area contributed by atoms with Gasteiger partial charge in [0.05, 0.1) is 30.6 Å². The zero-order valence-electron chi connectivity index (χ0n) is 13.9. The van der Waals surface area contributed by atoms with Gasteiger partial charge in [-0.2, -0.15) is 0 Å². The summed E-state index contributed by atoms with van der Waals surface area (Å²) in [5, 5.41) is 3.01. The SMILES string of the molecule is CCC(NC(=O)c1cc(C)ncc1OC)c1cn2cccnc2n1. The Morgan fingerprint density at radius 2 is 2.25 bits per heavy atom. The number of aryl methyl sites for hydroxylation is 1. The molecule has 0 radical (unpaired) electrons. The second-order valence-electron chi connectivity index (χ2n) is 5.45. The molecule has 7 nitrogen and oxygen atoms in total. The summed E-state index contributed by atoms with van der Waals surface area (Å²) in [7, 11) is 1.52. The van der Waals surface area contributed by atoms with Gasteiger partial charge >= 0.3 is 0 Å². The van der Waals surface area contributed by atoms with E-state index in [9.17, 15) is 4.79 Å². The van der Waals surface area contributed by atoms with Crippen molar-refractivity contribution in [2.75, 3.05) is 7.11 Å². The molecule has 7 heteroatoms. The zero-order chi connectivity index (χ0) is 17.1. The van der Waals surface area contributed by atoms with E-state index in [1.54, 1.807) is 18.5 Å². The Morgan fingerprint density at radius 1 is 1.42 bits per heavy atom.